The van der Waals surface area contributed by atoms with E-state index in [-0.39, 0.29) is 11.1 Å². The maximum absolute atomic E-state index is 9.96. The van der Waals surface area contributed by atoms with Crippen molar-refractivity contribution in [3.63, 3.8) is 0 Å². The summed E-state index contributed by atoms with van der Waals surface area (Å²) in [7, 11) is -1.77. The van der Waals surface area contributed by atoms with Crippen molar-refractivity contribution in [2.24, 2.45) is 0 Å². The molecule has 1 aromatic rings. The van der Waals surface area contributed by atoms with Crippen LogP contribution in [0.3, 0.4) is 0 Å². The predicted molar refractivity (Wildman–Crippen MR) is 91.9 cm³/mol. The maximum Gasteiger partial charge on any atom is 0.192 e. The second-order valence-corrected chi connectivity index (χ2v) is 12.1. The van der Waals surface area contributed by atoms with Gasteiger partial charge in [-0.1, -0.05) is 51.1 Å². The lowest BCUT2D eigenvalue weighted by Gasteiger charge is -2.37. The van der Waals surface area contributed by atoms with Gasteiger partial charge in [-0.2, -0.15) is 0 Å². The molecule has 1 aromatic carbocycles. The Hall–Kier alpha value is -0.683. The first-order chi connectivity index (χ1) is 9.63. The van der Waals surface area contributed by atoms with Crippen molar-refractivity contribution >= 4 is 8.32 Å². The summed E-state index contributed by atoms with van der Waals surface area (Å²) < 4.78 is 6.22. The van der Waals surface area contributed by atoms with Crippen molar-refractivity contribution in [3.05, 3.63) is 35.9 Å². The third kappa shape index (κ3) is 5.91. The average Bonchev–Trinajstić information content (AvgIpc) is 2.38. The van der Waals surface area contributed by atoms with Crippen molar-refractivity contribution in [1.29, 1.82) is 0 Å². The van der Waals surface area contributed by atoms with Gasteiger partial charge in [-0.05, 0) is 30.6 Å². The Balaban J connectivity index is 2.55. The van der Waals surface area contributed by atoms with Crippen molar-refractivity contribution in [1.82, 2.24) is 5.32 Å². The number of benzene rings is 1. The SMILES string of the molecule is C[C@@H](O)[C@@H](CO[Si](C)(C)C(C)(C)C)NCc1ccccc1. The average molecular weight is 310 g/mol. The highest BCUT2D eigenvalue weighted by Gasteiger charge is 2.37. The van der Waals surface area contributed by atoms with Gasteiger partial charge in [0.25, 0.3) is 0 Å². The molecule has 0 saturated carbocycles. The van der Waals surface area contributed by atoms with Crippen LogP contribution in [-0.4, -0.2) is 32.2 Å². The lowest BCUT2D eigenvalue weighted by atomic mass is 10.1. The van der Waals surface area contributed by atoms with E-state index in [2.05, 4.69) is 51.3 Å². The Morgan fingerprint density at radius 3 is 2.24 bits per heavy atom. The molecule has 0 unspecified atom stereocenters. The van der Waals surface area contributed by atoms with Crippen molar-refractivity contribution < 1.29 is 9.53 Å². The largest absolute Gasteiger partial charge is 0.415 e. The topological polar surface area (TPSA) is 41.5 Å². The number of aliphatic hydroxyl groups excluding tert-OH is 1. The third-order valence-electron chi connectivity index (χ3n) is 4.42. The summed E-state index contributed by atoms with van der Waals surface area (Å²) in [5.74, 6) is 0. The van der Waals surface area contributed by atoms with Gasteiger partial charge in [0.1, 0.15) is 0 Å². The molecule has 0 amide bonds. The molecule has 0 aliphatic rings. The zero-order chi connectivity index (χ0) is 16.1. The molecule has 0 aromatic heterocycles. The second-order valence-electron chi connectivity index (χ2n) is 7.28. The number of hydrogen-bond donors (Lipinski definition) is 2. The first-order valence-corrected chi connectivity index (χ1v) is 10.6. The molecule has 0 fully saturated rings. The van der Waals surface area contributed by atoms with Gasteiger partial charge >= 0.3 is 0 Å². The summed E-state index contributed by atoms with van der Waals surface area (Å²) in [4.78, 5) is 0. The molecule has 2 N–H and O–H groups in total. The summed E-state index contributed by atoms with van der Waals surface area (Å²) in [5.41, 5.74) is 1.22. The summed E-state index contributed by atoms with van der Waals surface area (Å²) >= 11 is 0. The molecule has 4 heteroatoms. The molecule has 120 valence electrons. The lowest BCUT2D eigenvalue weighted by molar-refractivity contribution is 0.106. The monoisotopic (exact) mass is 309 g/mol. The van der Waals surface area contributed by atoms with Gasteiger partial charge in [0.2, 0.25) is 0 Å². The molecule has 0 heterocycles. The van der Waals surface area contributed by atoms with Gasteiger partial charge in [-0.3, -0.25) is 0 Å². The van der Waals surface area contributed by atoms with Crippen LogP contribution in [0.2, 0.25) is 18.1 Å². The van der Waals surface area contributed by atoms with E-state index in [9.17, 15) is 5.11 Å². The summed E-state index contributed by atoms with van der Waals surface area (Å²) in [5, 5.41) is 13.6. The highest BCUT2D eigenvalue weighted by Crippen LogP contribution is 2.36. The second kappa shape index (κ2) is 7.54. The van der Waals surface area contributed by atoms with Gasteiger partial charge in [-0.25, -0.2) is 0 Å². The number of rotatable bonds is 7. The van der Waals surface area contributed by atoms with Crippen LogP contribution in [0, 0.1) is 0 Å². The minimum absolute atomic E-state index is 0.0423. The van der Waals surface area contributed by atoms with Crippen LogP contribution in [0.25, 0.3) is 0 Å². The highest BCUT2D eigenvalue weighted by molar-refractivity contribution is 6.74. The maximum atomic E-state index is 9.96. The van der Waals surface area contributed by atoms with Gasteiger partial charge in [0.05, 0.1) is 18.8 Å². The van der Waals surface area contributed by atoms with E-state index in [0.717, 1.165) is 6.54 Å². The molecule has 1 rings (SSSR count). The molecule has 3 nitrogen and oxygen atoms in total. The zero-order valence-corrected chi connectivity index (χ0v) is 15.3. The van der Waals surface area contributed by atoms with Crippen LogP contribution < -0.4 is 5.32 Å². The Morgan fingerprint density at radius 2 is 1.76 bits per heavy atom. The van der Waals surface area contributed by atoms with Crippen LogP contribution in [0.1, 0.15) is 33.3 Å². The quantitative estimate of drug-likeness (QED) is 0.757. The Kier molecular flexibility index (Phi) is 6.59. The highest BCUT2D eigenvalue weighted by atomic mass is 28.4. The Bertz CT molecular complexity index is 413. The molecule has 2 atom stereocenters. The van der Waals surface area contributed by atoms with Gasteiger partial charge < -0.3 is 14.8 Å². The standard InChI is InChI=1S/C17H31NO2Si/c1-14(19)16(13-20-21(5,6)17(2,3)4)18-12-15-10-8-7-9-11-15/h7-11,14,16,18-19H,12-13H2,1-6H3/t14-,16-/m1/s1. The molecule has 0 radical (unpaired) electrons. The van der Waals surface area contributed by atoms with Crippen LogP contribution in [0.5, 0.6) is 0 Å². The summed E-state index contributed by atoms with van der Waals surface area (Å²) in [6, 6.07) is 10.2. The Morgan fingerprint density at radius 1 is 1.19 bits per heavy atom. The molecule has 0 saturated heterocycles. The molecular formula is C17H31NO2Si. The molecule has 0 aliphatic carbocycles. The Labute approximate surface area is 130 Å². The fraction of sp³-hybridized carbons (Fsp3) is 0.647. The van der Waals surface area contributed by atoms with E-state index >= 15 is 0 Å². The van der Waals surface area contributed by atoms with Crippen molar-refractivity contribution in [2.45, 2.75) is 64.5 Å². The number of hydrogen-bond acceptors (Lipinski definition) is 3. The van der Waals surface area contributed by atoms with E-state index in [4.69, 9.17) is 4.43 Å². The minimum atomic E-state index is -1.77. The third-order valence-corrected chi connectivity index (χ3v) is 8.92. The number of nitrogens with one attached hydrogen (secondary N) is 1. The predicted octanol–water partition coefficient (Wildman–Crippen LogP) is 3.55. The van der Waals surface area contributed by atoms with E-state index in [1.54, 1.807) is 0 Å². The normalized spacial score (nSPS) is 15.8. The summed E-state index contributed by atoms with van der Waals surface area (Å²) in [6.45, 7) is 14.3. The smallest absolute Gasteiger partial charge is 0.192 e. The lowest BCUT2D eigenvalue weighted by Crippen LogP contribution is -2.48. The van der Waals surface area contributed by atoms with Crippen LogP contribution in [0.15, 0.2) is 30.3 Å². The zero-order valence-electron chi connectivity index (χ0n) is 14.3. The fourth-order valence-corrected chi connectivity index (χ4v) is 2.76. The van der Waals surface area contributed by atoms with E-state index in [0.29, 0.717) is 6.61 Å². The van der Waals surface area contributed by atoms with E-state index in [1.807, 2.05) is 25.1 Å². The van der Waals surface area contributed by atoms with Gasteiger partial charge in [0, 0.05) is 6.54 Å². The van der Waals surface area contributed by atoms with Gasteiger partial charge in [-0.15, -0.1) is 0 Å². The molecular weight excluding hydrogens is 278 g/mol. The minimum Gasteiger partial charge on any atom is -0.415 e. The van der Waals surface area contributed by atoms with Crippen LogP contribution in [-0.2, 0) is 11.0 Å². The van der Waals surface area contributed by atoms with Crippen molar-refractivity contribution in [3.8, 4) is 0 Å². The fourth-order valence-electron chi connectivity index (χ4n) is 1.73. The van der Waals surface area contributed by atoms with E-state index < -0.39 is 14.4 Å². The first-order valence-electron chi connectivity index (χ1n) is 7.73. The molecule has 21 heavy (non-hydrogen) atoms. The van der Waals surface area contributed by atoms with Crippen molar-refractivity contribution in [2.75, 3.05) is 6.61 Å². The number of aliphatic hydroxyl groups is 1. The molecule has 0 spiro atoms. The first kappa shape index (κ1) is 18.4. The molecule has 0 bridgehead atoms. The van der Waals surface area contributed by atoms with E-state index in [1.165, 1.54) is 5.56 Å². The van der Waals surface area contributed by atoms with Crippen LogP contribution in [0.4, 0.5) is 0 Å². The summed E-state index contributed by atoms with van der Waals surface area (Å²) in [6.07, 6.45) is -0.432. The van der Waals surface area contributed by atoms with Gasteiger partial charge in [0.15, 0.2) is 8.32 Å². The van der Waals surface area contributed by atoms with Crippen LogP contribution >= 0.6 is 0 Å². The molecule has 0 aliphatic heterocycles.